The first kappa shape index (κ1) is 36.3. The quantitative estimate of drug-likeness (QED) is 0.156. The second kappa shape index (κ2) is 13.4. The van der Waals surface area contributed by atoms with Gasteiger partial charge in [0.15, 0.2) is 0 Å². The summed E-state index contributed by atoms with van der Waals surface area (Å²) in [7, 11) is 0. The summed E-state index contributed by atoms with van der Waals surface area (Å²) in [5.41, 5.74) is 17.5. The fraction of sp³-hybridized carbons (Fsp3) is 0.0476. The van der Waals surface area contributed by atoms with E-state index in [1.807, 2.05) is 0 Å². The third kappa shape index (κ3) is 5.05. The van der Waals surface area contributed by atoms with Crippen LogP contribution in [-0.2, 0) is 5.41 Å². The highest BCUT2D eigenvalue weighted by Crippen LogP contribution is 2.51. The van der Waals surface area contributed by atoms with Crippen molar-refractivity contribution in [2.45, 2.75) is 19.3 Å². The summed E-state index contributed by atoms with van der Waals surface area (Å²) in [4.78, 5) is 0. The van der Waals surface area contributed by atoms with Gasteiger partial charge >= 0.3 is 0 Å². The maximum atomic E-state index is 2.52. The topological polar surface area (TPSA) is 9.86 Å². The molecule has 14 rings (SSSR count). The largest absolute Gasteiger partial charge is 0.309 e. The molecule has 2 nitrogen and oxygen atoms in total. The van der Waals surface area contributed by atoms with Gasteiger partial charge in [-0.2, -0.15) is 0 Å². The lowest BCUT2D eigenvalue weighted by atomic mass is 9.81. The summed E-state index contributed by atoms with van der Waals surface area (Å²) in [5.74, 6) is 0. The molecule has 2 heteroatoms. The first-order chi connectivity index (χ1) is 32.0. The van der Waals surface area contributed by atoms with Crippen molar-refractivity contribution in [3.8, 4) is 44.8 Å². The van der Waals surface area contributed by atoms with Crippen LogP contribution in [0.1, 0.15) is 25.0 Å². The van der Waals surface area contributed by atoms with E-state index < -0.39 is 0 Å². The highest BCUT2D eigenvalue weighted by atomic mass is 15.0. The Morgan fingerprint density at radius 1 is 0.292 bits per heavy atom. The summed E-state index contributed by atoms with van der Waals surface area (Å²) in [5, 5.41) is 12.6. The predicted octanol–water partition coefficient (Wildman–Crippen LogP) is 17.0. The average Bonchev–Trinajstić information content (AvgIpc) is 3.96. The van der Waals surface area contributed by atoms with Crippen LogP contribution < -0.4 is 0 Å². The van der Waals surface area contributed by atoms with Crippen LogP contribution in [0.2, 0.25) is 0 Å². The van der Waals surface area contributed by atoms with E-state index in [1.54, 1.807) is 0 Å². The van der Waals surface area contributed by atoms with E-state index in [1.165, 1.54) is 132 Å². The lowest BCUT2D eigenvalue weighted by Gasteiger charge is -2.22. The normalized spacial score (nSPS) is 13.2. The third-order valence-electron chi connectivity index (χ3n) is 14.7. The van der Waals surface area contributed by atoms with Crippen molar-refractivity contribution in [2.24, 2.45) is 0 Å². The smallest absolute Gasteiger partial charge is 0.0547 e. The lowest BCUT2D eigenvalue weighted by Crippen LogP contribution is -2.14. The number of nitrogens with zero attached hydrogens (tertiary/aromatic N) is 2. The Morgan fingerprint density at radius 2 is 0.800 bits per heavy atom. The van der Waals surface area contributed by atoms with Gasteiger partial charge in [0.05, 0.1) is 27.8 Å². The summed E-state index contributed by atoms with van der Waals surface area (Å²) in [6.07, 6.45) is 0. The van der Waals surface area contributed by atoms with Gasteiger partial charge in [0.2, 0.25) is 0 Å². The van der Waals surface area contributed by atoms with E-state index in [2.05, 4.69) is 241 Å². The van der Waals surface area contributed by atoms with Crippen LogP contribution >= 0.6 is 0 Å². The third-order valence-corrected chi connectivity index (χ3v) is 14.7. The minimum absolute atomic E-state index is 0.0829. The number of hydrogen-bond acceptors (Lipinski definition) is 0. The van der Waals surface area contributed by atoms with Gasteiger partial charge in [-0.3, -0.25) is 0 Å². The maximum Gasteiger partial charge on any atom is 0.0547 e. The molecule has 2 aromatic heterocycles. The zero-order chi connectivity index (χ0) is 43.0. The molecular formula is C63H42N2. The molecule has 11 aromatic carbocycles. The number of aromatic nitrogens is 2. The Balaban J connectivity index is 0.989. The number of benzene rings is 11. The number of fused-ring (bicyclic) bond motifs is 15. The minimum atomic E-state index is -0.0829. The number of rotatable bonds is 4. The molecule has 65 heavy (non-hydrogen) atoms. The molecule has 1 aliphatic carbocycles. The van der Waals surface area contributed by atoms with E-state index in [-0.39, 0.29) is 5.41 Å². The Hall–Kier alpha value is -8.20. The SMILES string of the molecule is CC1(C)c2ccccc2-c2ccc(-c3cccc4c3c3ccccc3c3cccc(-n5c6ccccc6c6cc(-c7ccc8c(c7)c7ccccc7n8-c7ccccc7)ccc65)c34)cc21. The molecule has 0 unspecified atom stereocenters. The fourth-order valence-corrected chi connectivity index (χ4v) is 11.8. The molecule has 13 aromatic rings. The molecule has 1 aliphatic rings. The van der Waals surface area contributed by atoms with Crippen LogP contribution in [0.4, 0.5) is 0 Å². The highest BCUT2D eigenvalue weighted by molar-refractivity contribution is 6.30. The standard InChI is InChI=1S/C63H42N2/c1-63(2)54-26-11-8-19-45(54)46-33-30-41(38-55(46)63)43-23-14-25-51-61(43)49-22-7-6-18-44(49)50-24-15-29-60(62(50)51)65-57-28-13-10-21-48(57)53-37-40(32-35-59(53)65)39-31-34-58-52(36-39)47-20-9-12-27-56(47)64(58)42-16-4-3-5-17-42/h3-38H,1-2H3. The molecular weight excluding hydrogens is 785 g/mol. The minimum Gasteiger partial charge on any atom is -0.309 e. The molecule has 0 radical (unpaired) electrons. The molecule has 0 saturated heterocycles. The molecule has 0 N–H and O–H groups in total. The molecule has 0 atom stereocenters. The molecule has 2 heterocycles. The maximum absolute atomic E-state index is 2.52. The van der Waals surface area contributed by atoms with E-state index >= 15 is 0 Å². The van der Waals surface area contributed by atoms with Crippen molar-refractivity contribution in [1.82, 2.24) is 9.13 Å². The second-order valence-corrected chi connectivity index (χ2v) is 18.4. The van der Waals surface area contributed by atoms with Crippen LogP contribution in [0.25, 0.3) is 121 Å². The summed E-state index contributed by atoms with van der Waals surface area (Å²) >= 11 is 0. The van der Waals surface area contributed by atoms with Crippen LogP contribution in [0.5, 0.6) is 0 Å². The molecule has 0 saturated carbocycles. The summed E-state index contributed by atoms with van der Waals surface area (Å²) in [6, 6.07) is 81.4. The predicted molar refractivity (Wildman–Crippen MR) is 276 cm³/mol. The average molecular weight is 827 g/mol. The van der Waals surface area contributed by atoms with Gasteiger partial charge in [0.25, 0.3) is 0 Å². The molecule has 304 valence electrons. The molecule has 0 spiro atoms. The van der Waals surface area contributed by atoms with Gasteiger partial charge in [0, 0.05) is 38.0 Å². The Labute approximate surface area is 376 Å². The van der Waals surface area contributed by atoms with Crippen molar-refractivity contribution < 1.29 is 0 Å². The summed E-state index contributed by atoms with van der Waals surface area (Å²) < 4.78 is 4.90. The van der Waals surface area contributed by atoms with Gasteiger partial charge < -0.3 is 9.13 Å². The first-order valence-corrected chi connectivity index (χ1v) is 22.8. The van der Waals surface area contributed by atoms with Gasteiger partial charge in [-0.25, -0.2) is 0 Å². The second-order valence-electron chi connectivity index (χ2n) is 18.4. The van der Waals surface area contributed by atoms with E-state index in [4.69, 9.17) is 0 Å². The van der Waals surface area contributed by atoms with Crippen molar-refractivity contribution in [3.63, 3.8) is 0 Å². The number of para-hydroxylation sites is 3. The van der Waals surface area contributed by atoms with E-state index in [0.717, 1.165) is 0 Å². The Bertz CT molecular complexity index is 4140. The zero-order valence-electron chi connectivity index (χ0n) is 36.2. The molecule has 0 aliphatic heterocycles. The van der Waals surface area contributed by atoms with Crippen LogP contribution in [-0.4, -0.2) is 9.13 Å². The lowest BCUT2D eigenvalue weighted by molar-refractivity contribution is 0.660. The Morgan fingerprint density at radius 3 is 1.55 bits per heavy atom. The van der Waals surface area contributed by atoms with Crippen molar-refractivity contribution in [2.75, 3.05) is 0 Å². The molecule has 0 bridgehead atoms. The van der Waals surface area contributed by atoms with Gasteiger partial charge in [-0.1, -0.05) is 172 Å². The molecule has 0 fully saturated rings. The molecule has 0 amide bonds. The van der Waals surface area contributed by atoms with Gasteiger partial charge in [-0.15, -0.1) is 0 Å². The Kier molecular flexibility index (Phi) is 7.49. The fourth-order valence-electron chi connectivity index (χ4n) is 11.8. The van der Waals surface area contributed by atoms with Gasteiger partial charge in [0.1, 0.15) is 0 Å². The number of hydrogen-bond donors (Lipinski definition) is 0. The van der Waals surface area contributed by atoms with E-state index in [9.17, 15) is 0 Å². The van der Waals surface area contributed by atoms with Crippen LogP contribution in [0.15, 0.2) is 218 Å². The van der Waals surface area contributed by atoms with Crippen molar-refractivity contribution in [3.05, 3.63) is 230 Å². The van der Waals surface area contributed by atoms with Crippen LogP contribution in [0, 0.1) is 0 Å². The first-order valence-electron chi connectivity index (χ1n) is 22.8. The van der Waals surface area contributed by atoms with Crippen molar-refractivity contribution >= 4 is 75.9 Å². The van der Waals surface area contributed by atoms with Crippen molar-refractivity contribution in [1.29, 1.82) is 0 Å². The van der Waals surface area contributed by atoms with Crippen LogP contribution in [0.3, 0.4) is 0 Å². The monoisotopic (exact) mass is 826 g/mol. The van der Waals surface area contributed by atoms with E-state index in [0.29, 0.717) is 0 Å². The highest BCUT2D eigenvalue weighted by Gasteiger charge is 2.35. The summed E-state index contributed by atoms with van der Waals surface area (Å²) in [6.45, 7) is 4.75. The zero-order valence-corrected chi connectivity index (χ0v) is 36.2. The van der Waals surface area contributed by atoms with Gasteiger partial charge in [-0.05, 0) is 132 Å².